The molecule has 8 heteroatoms. The highest BCUT2D eigenvalue weighted by Gasteiger charge is 2.39. The van der Waals surface area contributed by atoms with Crippen LogP contribution in [0, 0.1) is 0 Å². The Morgan fingerprint density at radius 3 is 2.70 bits per heavy atom. The standard InChI is InChI=1S/C19H29N3O4S/c1-14(23)20-8-9-21-18(24)19(25)6-10-22(11-7-19)13-15-4-5-17(27-15)16-3-2-12-26-16/h4-5,16,25H,2-3,6-13H2,1H3,(H,20,23)(H,21,24). The Labute approximate surface area is 164 Å². The van der Waals surface area contributed by atoms with Crippen LogP contribution in [0.4, 0.5) is 0 Å². The van der Waals surface area contributed by atoms with Gasteiger partial charge >= 0.3 is 0 Å². The van der Waals surface area contributed by atoms with Crippen LogP contribution in [-0.4, -0.2) is 60.2 Å². The van der Waals surface area contributed by atoms with E-state index >= 15 is 0 Å². The van der Waals surface area contributed by atoms with Crippen molar-refractivity contribution in [1.82, 2.24) is 15.5 Å². The smallest absolute Gasteiger partial charge is 0.252 e. The molecular weight excluding hydrogens is 366 g/mol. The van der Waals surface area contributed by atoms with Crippen molar-refractivity contribution < 1.29 is 19.4 Å². The van der Waals surface area contributed by atoms with Crippen LogP contribution in [0.1, 0.15) is 48.5 Å². The lowest BCUT2D eigenvalue weighted by atomic mass is 9.90. The van der Waals surface area contributed by atoms with Crippen molar-refractivity contribution in [2.75, 3.05) is 32.8 Å². The molecule has 0 saturated carbocycles. The summed E-state index contributed by atoms with van der Waals surface area (Å²) < 4.78 is 5.75. The number of nitrogens with one attached hydrogen (secondary N) is 2. The molecule has 0 aliphatic carbocycles. The largest absolute Gasteiger partial charge is 0.380 e. The molecular formula is C19H29N3O4S. The molecule has 1 aromatic heterocycles. The molecule has 2 fully saturated rings. The molecule has 2 amide bonds. The summed E-state index contributed by atoms with van der Waals surface area (Å²) in [5, 5.41) is 16.0. The Balaban J connectivity index is 1.42. The SMILES string of the molecule is CC(=O)NCCNC(=O)C1(O)CCN(Cc2ccc(C3CCCO3)s2)CC1. The minimum absolute atomic E-state index is 0.132. The summed E-state index contributed by atoms with van der Waals surface area (Å²) >= 11 is 1.80. The molecule has 2 aliphatic heterocycles. The Bertz CT molecular complexity index is 649. The second kappa shape index (κ2) is 9.14. The van der Waals surface area contributed by atoms with Crippen LogP contribution in [0.25, 0.3) is 0 Å². The predicted molar refractivity (Wildman–Crippen MR) is 103 cm³/mol. The second-order valence-electron chi connectivity index (χ2n) is 7.35. The average Bonchev–Trinajstić information content (AvgIpc) is 3.32. The first kappa shape index (κ1) is 20.3. The van der Waals surface area contributed by atoms with Crippen LogP contribution in [0.5, 0.6) is 0 Å². The van der Waals surface area contributed by atoms with Crippen molar-refractivity contribution in [1.29, 1.82) is 0 Å². The first-order valence-electron chi connectivity index (χ1n) is 9.64. The first-order valence-corrected chi connectivity index (χ1v) is 10.5. The monoisotopic (exact) mass is 395 g/mol. The van der Waals surface area contributed by atoms with E-state index in [4.69, 9.17) is 4.74 Å². The fourth-order valence-electron chi connectivity index (χ4n) is 3.56. The van der Waals surface area contributed by atoms with Crippen LogP contribution in [0.3, 0.4) is 0 Å². The molecule has 27 heavy (non-hydrogen) atoms. The van der Waals surface area contributed by atoms with Crippen LogP contribution in [0.2, 0.25) is 0 Å². The minimum Gasteiger partial charge on any atom is -0.380 e. The van der Waals surface area contributed by atoms with Gasteiger partial charge in [0, 0.05) is 56.0 Å². The number of carbonyl (C=O) groups is 2. The predicted octanol–water partition coefficient (Wildman–Crippen LogP) is 1.18. The second-order valence-corrected chi connectivity index (χ2v) is 8.55. The zero-order chi connectivity index (χ0) is 19.3. The molecule has 1 atom stereocenters. The summed E-state index contributed by atoms with van der Waals surface area (Å²) in [4.78, 5) is 28.0. The van der Waals surface area contributed by atoms with Gasteiger partial charge in [0.2, 0.25) is 5.91 Å². The number of ether oxygens (including phenoxy) is 1. The van der Waals surface area contributed by atoms with Gasteiger partial charge in [-0.2, -0.15) is 0 Å². The molecule has 0 radical (unpaired) electrons. The molecule has 0 spiro atoms. The van der Waals surface area contributed by atoms with Gasteiger partial charge in [0.05, 0.1) is 6.10 Å². The van der Waals surface area contributed by atoms with Crippen molar-refractivity contribution in [3.63, 3.8) is 0 Å². The molecule has 1 unspecified atom stereocenters. The molecule has 0 bridgehead atoms. The van der Waals surface area contributed by atoms with Gasteiger partial charge in [-0.3, -0.25) is 14.5 Å². The Hall–Kier alpha value is -1.48. The fourth-order valence-corrected chi connectivity index (χ4v) is 4.70. The first-order chi connectivity index (χ1) is 13.0. The number of rotatable bonds is 7. The highest BCUT2D eigenvalue weighted by molar-refractivity contribution is 7.12. The van der Waals surface area contributed by atoms with Gasteiger partial charge in [-0.1, -0.05) is 0 Å². The molecule has 150 valence electrons. The molecule has 3 N–H and O–H groups in total. The lowest BCUT2D eigenvalue weighted by molar-refractivity contribution is -0.144. The van der Waals surface area contributed by atoms with Crippen LogP contribution < -0.4 is 10.6 Å². The summed E-state index contributed by atoms with van der Waals surface area (Å²) in [6.45, 7) is 5.20. The van der Waals surface area contributed by atoms with Gasteiger partial charge in [0.1, 0.15) is 5.60 Å². The number of piperidine rings is 1. The molecule has 3 rings (SSSR count). The summed E-state index contributed by atoms with van der Waals surface area (Å²) in [7, 11) is 0. The summed E-state index contributed by atoms with van der Waals surface area (Å²) in [5.74, 6) is -0.475. The van der Waals surface area contributed by atoms with Crippen molar-refractivity contribution in [2.24, 2.45) is 0 Å². The van der Waals surface area contributed by atoms with E-state index < -0.39 is 5.60 Å². The van der Waals surface area contributed by atoms with E-state index in [2.05, 4.69) is 27.7 Å². The van der Waals surface area contributed by atoms with Gasteiger partial charge in [-0.25, -0.2) is 0 Å². The van der Waals surface area contributed by atoms with E-state index in [0.717, 1.165) is 26.0 Å². The van der Waals surface area contributed by atoms with Crippen molar-refractivity contribution >= 4 is 23.2 Å². The van der Waals surface area contributed by atoms with E-state index in [1.807, 2.05) is 0 Å². The van der Waals surface area contributed by atoms with Crippen molar-refractivity contribution in [3.8, 4) is 0 Å². The van der Waals surface area contributed by atoms with Crippen molar-refractivity contribution in [2.45, 2.75) is 50.9 Å². The van der Waals surface area contributed by atoms with Gasteiger partial charge in [0.15, 0.2) is 0 Å². The third kappa shape index (κ3) is 5.51. The van der Waals surface area contributed by atoms with Crippen molar-refractivity contribution in [3.05, 3.63) is 21.9 Å². The third-order valence-corrected chi connectivity index (χ3v) is 6.36. The minimum atomic E-state index is -1.31. The van der Waals surface area contributed by atoms with E-state index in [9.17, 15) is 14.7 Å². The van der Waals surface area contributed by atoms with Gasteiger partial charge in [-0.05, 0) is 37.8 Å². The number of hydrogen-bond donors (Lipinski definition) is 3. The summed E-state index contributed by atoms with van der Waals surface area (Å²) in [5.41, 5.74) is -1.31. The van der Waals surface area contributed by atoms with E-state index in [-0.39, 0.29) is 17.9 Å². The third-order valence-electron chi connectivity index (χ3n) is 5.20. The van der Waals surface area contributed by atoms with E-state index in [0.29, 0.717) is 39.0 Å². The molecule has 2 saturated heterocycles. The zero-order valence-electron chi connectivity index (χ0n) is 15.8. The normalized spacial score (nSPS) is 22.5. The van der Waals surface area contributed by atoms with E-state index in [1.54, 1.807) is 11.3 Å². The molecule has 7 nitrogen and oxygen atoms in total. The quantitative estimate of drug-likeness (QED) is 0.603. The number of thiophene rings is 1. The Morgan fingerprint density at radius 2 is 2.04 bits per heavy atom. The number of likely N-dealkylation sites (tertiary alicyclic amines) is 1. The lowest BCUT2D eigenvalue weighted by Crippen LogP contribution is -2.54. The highest BCUT2D eigenvalue weighted by Crippen LogP contribution is 2.34. The maximum Gasteiger partial charge on any atom is 0.252 e. The number of carbonyl (C=O) groups excluding carboxylic acids is 2. The number of nitrogens with zero attached hydrogens (tertiary/aromatic N) is 1. The maximum atomic E-state index is 12.3. The van der Waals surface area contributed by atoms with Crippen LogP contribution >= 0.6 is 11.3 Å². The molecule has 2 aliphatic rings. The topological polar surface area (TPSA) is 90.9 Å². The summed E-state index contributed by atoms with van der Waals surface area (Å²) in [6.07, 6.45) is 3.34. The van der Waals surface area contributed by atoms with Crippen LogP contribution in [0.15, 0.2) is 12.1 Å². The summed E-state index contributed by atoms with van der Waals surface area (Å²) in [6, 6.07) is 4.33. The fraction of sp³-hybridized carbons (Fsp3) is 0.684. The lowest BCUT2D eigenvalue weighted by Gasteiger charge is -2.36. The van der Waals surface area contributed by atoms with Gasteiger partial charge < -0.3 is 20.5 Å². The van der Waals surface area contributed by atoms with Gasteiger partial charge in [0.25, 0.3) is 5.91 Å². The molecule has 0 aromatic carbocycles. The maximum absolute atomic E-state index is 12.3. The Kier molecular flexibility index (Phi) is 6.86. The number of amides is 2. The number of hydrogen-bond acceptors (Lipinski definition) is 6. The molecule has 3 heterocycles. The average molecular weight is 396 g/mol. The highest BCUT2D eigenvalue weighted by atomic mass is 32.1. The number of aliphatic hydroxyl groups is 1. The van der Waals surface area contributed by atoms with E-state index in [1.165, 1.54) is 16.7 Å². The van der Waals surface area contributed by atoms with Gasteiger partial charge in [-0.15, -0.1) is 11.3 Å². The zero-order valence-corrected chi connectivity index (χ0v) is 16.6. The van der Waals surface area contributed by atoms with Crippen LogP contribution in [-0.2, 0) is 20.9 Å². The Morgan fingerprint density at radius 1 is 1.30 bits per heavy atom. The molecule has 1 aromatic rings.